The average Bonchev–Trinajstić information content (AvgIpc) is 2.57. The standard InChI is InChI=1S/C20H30N2O4/c1-15(25-5)17-10-7-16(8-11-17)9-12-18(23)21-13-6-14-22-19(24)26-20(2,3)4/h7-8,10-11H,1,6,9,12-14H2,2-5H3,(H,21,23)(H,22,24). The fraction of sp³-hybridized carbons (Fsp3) is 0.500. The van der Waals surface area contributed by atoms with Crippen molar-refractivity contribution in [3.8, 4) is 0 Å². The van der Waals surface area contributed by atoms with Crippen molar-refractivity contribution in [3.05, 3.63) is 42.0 Å². The Hall–Kier alpha value is -2.50. The summed E-state index contributed by atoms with van der Waals surface area (Å²) in [5.74, 6) is 0.613. The van der Waals surface area contributed by atoms with Crippen LogP contribution in [0, 0.1) is 0 Å². The molecule has 1 aromatic carbocycles. The molecule has 0 saturated heterocycles. The minimum atomic E-state index is -0.507. The van der Waals surface area contributed by atoms with E-state index in [-0.39, 0.29) is 5.91 Å². The molecule has 0 fully saturated rings. The van der Waals surface area contributed by atoms with Gasteiger partial charge in [0.15, 0.2) is 0 Å². The second-order valence-electron chi connectivity index (χ2n) is 6.96. The molecule has 0 unspecified atom stereocenters. The Kier molecular flexibility index (Phi) is 8.68. The summed E-state index contributed by atoms with van der Waals surface area (Å²) >= 11 is 0. The fourth-order valence-corrected chi connectivity index (χ4v) is 2.14. The summed E-state index contributed by atoms with van der Waals surface area (Å²) in [6.45, 7) is 10.2. The van der Waals surface area contributed by atoms with Gasteiger partial charge in [-0.1, -0.05) is 30.8 Å². The number of benzene rings is 1. The van der Waals surface area contributed by atoms with Crippen LogP contribution in [-0.2, 0) is 20.7 Å². The third-order valence-electron chi connectivity index (χ3n) is 3.51. The maximum Gasteiger partial charge on any atom is 0.407 e. The third-order valence-corrected chi connectivity index (χ3v) is 3.51. The van der Waals surface area contributed by atoms with Crippen LogP contribution in [0.2, 0.25) is 0 Å². The average molecular weight is 362 g/mol. The molecule has 2 N–H and O–H groups in total. The number of nitrogens with one attached hydrogen (secondary N) is 2. The number of aryl methyl sites for hydroxylation is 1. The zero-order chi connectivity index (χ0) is 19.6. The lowest BCUT2D eigenvalue weighted by Gasteiger charge is -2.19. The van der Waals surface area contributed by atoms with Crippen molar-refractivity contribution in [1.29, 1.82) is 0 Å². The van der Waals surface area contributed by atoms with Crippen LogP contribution in [0.15, 0.2) is 30.8 Å². The SMILES string of the molecule is C=C(OC)c1ccc(CCC(=O)NCCCNC(=O)OC(C)(C)C)cc1. The first-order valence-electron chi connectivity index (χ1n) is 8.77. The Labute approximate surface area is 156 Å². The molecule has 1 aromatic rings. The van der Waals surface area contributed by atoms with Gasteiger partial charge in [0.05, 0.1) is 7.11 Å². The second-order valence-corrected chi connectivity index (χ2v) is 6.96. The second kappa shape index (κ2) is 10.5. The van der Waals surface area contributed by atoms with Crippen molar-refractivity contribution in [1.82, 2.24) is 10.6 Å². The van der Waals surface area contributed by atoms with Gasteiger partial charge in [0.25, 0.3) is 0 Å². The maximum atomic E-state index is 11.9. The van der Waals surface area contributed by atoms with Crippen molar-refractivity contribution >= 4 is 17.8 Å². The van der Waals surface area contributed by atoms with Gasteiger partial charge in [-0.25, -0.2) is 4.79 Å². The monoisotopic (exact) mass is 362 g/mol. The van der Waals surface area contributed by atoms with Crippen LogP contribution in [0.3, 0.4) is 0 Å². The molecule has 0 saturated carbocycles. The lowest BCUT2D eigenvalue weighted by atomic mass is 10.1. The van der Waals surface area contributed by atoms with Gasteiger partial charge in [-0.3, -0.25) is 4.79 Å². The number of hydrogen-bond acceptors (Lipinski definition) is 4. The summed E-state index contributed by atoms with van der Waals surface area (Å²) in [6, 6.07) is 7.80. The molecule has 6 nitrogen and oxygen atoms in total. The van der Waals surface area contributed by atoms with E-state index in [1.807, 2.05) is 45.0 Å². The molecule has 0 aliphatic rings. The number of alkyl carbamates (subject to hydrolysis) is 1. The molecule has 0 aromatic heterocycles. The van der Waals surface area contributed by atoms with Crippen LogP contribution in [0.1, 0.15) is 44.7 Å². The molecule has 0 aliphatic heterocycles. The highest BCUT2D eigenvalue weighted by molar-refractivity contribution is 5.76. The fourth-order valence-electron chi connectivity index (χ4n) is 2.14. The lowest BCUT2D eigenvalue weighted by Crippen LogP contribution is -2.34. The third kappa shape index (κ3) is 9.11. The van der Waals surface area contributed by atoms with Crippen LogP contribution in [0.4, 0.5) is 4.79 Å². The number of methoxy groups -OCH3 is 1. The highest BCUT2D eigenvalue weighted by atomic mass is 16.6. The van der Waals surface area contributed by atoms with Crippen LogP contribution in [-0.4, -0.2) is 37.8 Å². The molecule has 2 amide bonds. The van der Waals surface area contributed by atoms with E-state index in [0.29, 0.717) is 38.1 Å². The number of carbonyl (C=O) groups is 2. The van der Waals surface area contributed by atoms with Gasteiger partial charge < -0.3 is 20.1 Å². The van der Waals surface area contributed by atoms with Gasteiger partial charge >= 0.3 is 6.09 Å². The minimum Gasteiger partial charge on any atom is -0.497 e. The molecule has 26 heavy (non-hydrogen) atoms. The zero-order valence-electron chi connectivity index (χ0n) is 16.2. The molecule has 0 bridgehead atoms. The summed E-state index contributed by atoms with van der Waals surface area (Å²) in [7, 11) is 1.59. The summed E-state index contributed by atoms with van der Waals surface area (Å²) < 4.78 is 10.2. The molecule has 0 radical (unpaired) electrons. The molecule has 6 heteroatoms. The predicted molar refractivity (Wildman–Crippen MR) is 103 cm³/mol. The Morgan fingerprint density at radius 2 is 1.69 bits per heavy atom. The highest BCUT2D eigenvalue weighted by Crippen LogP contribution is 2.14. The number of hydrogen-bond donors (Lipinski definition) is 2. The number of amides is 2. The smallest absolute Gasteiger partial charge is 0.407 e. The van der Waals surface area contributed by atoms with Gasteiger partial charge in [0.1, 0.15) is 11.4 Å². The molecule has 144 valence electrons. The maximum absolute atomic E-state index is 11.9. The zero-order valence-corrected chi connectivity index (χ0v) is 16.2. The largest absolute Gasteiger partial charge is 0.497 e. The van der Waals surface area contributed by atoms with Crippen LogP contribution in [0.25, 0.3) is 5.76 Å². The first-order valence-corrected chi connectivity index (χ1v) is 8.77. The number of ether oxygens (including phenoxy) is 2. The van der Waals surface area contributed by atoms with Crippen molar-refractivity contribution in [2.75, 3.05) is 20.2 Å². The Morgan fingerprint density at radius 3 is 2.27 bits per heavy atom. The molecule has 0 heterocycles. The summed E-state index contributed by atoms with van der Waals surface area (Å²) in [4.78, 5) is 23.3. The summed E-state index contributed by atoms with van der Waals surface area (Å²) in [6.07, 6.45) is 1.30. The van der Waals surface area contributed by atoms with Crippen molar-refractivity contribution in [2.45, 2.75) is 45.6 Å². The topological polar surface area (TPSA) is 76.7 Å². The van der Waals surface area contributed by atoms with E-state index in [2.05, 4.69) is 17.2 Å². The molecular weight excluding hydrogens is 332 g/mol. The Bertz CT molecular complexity index is 603. The van der Waals surface area contributed by atoms with Crippen LogP contribution >= 0.6 is 0 Å². The predicted octanol–water partition coefficient (Wildman–Crippen LogP) is 3.27. The van der Waals surface area contributed by atoms with E-state index in [1.54, 1.807) is 7.11 Å². The summed E-state index contributed by atoms with van der Waals surface area (Å²) in [5.41, 5.74) is 1.51. The Morgan fingerprint density at radius 1 is 1.08 bits per heavy atom. The van der Waals surface area contributed by atoms with E-state index in [0.717, 1.165) is 11.1 Å². The van der Waals surface area contributed by atoms with E-state index in [9.17, 15) is 9.59 Å². The Balaban J connectivity index is 2.17. The van der Waals surface area contributed by atoms with Crippen molar-refractivity contribution in [3.63, 3.8) is 0 Å². The molecule has 1 rings (SSSR count). The van der Waals surface area contributed by atoms with E-state index in [4.69, 9.17) is 9.47 Å². The van der Waals surface area contributed by atoms with Crippen molar-refractivity contribution < 1.29 is 19.1 Å². The number of carbonyl (C=O) groups excluding carboxylic acids is 2. The quantitative estimate of drug-likeness (QED) is 0.522. The van der Waals surface area contributed by atoms with Crippen LogP contribution in [0.5, 0.6) is 0 Å². The minimum absolute atomic E-state index is 0.00681. The normalized spacial score (nSPS) is 10.8. The molecule has 0 aliphatic carbocycles. The molecule has 0 atom stereocenters. The first kappa shape index (κ1) is 21.5. The summed E-state index contributed by atoms with van der Waals surface area (Å²) in [5, 5.41) is 5.51. The number of rotatable bonds is 9. The highest BCUT2D eigenvalue weighted by Gasteiger charge is 2.15. The lowest BCUT2D eigenvalue weighted by molar-refractivity contribution is -0.121. The molecular formula is C20H30N2O4. The van der Waals surface area contributed by atoms with E-state index < -0.39 is 11.7 Å². The first-order chi connectivity index (χ1) is 12.2. The van der Waals surface area contributed by atoms with Gasteiger partial charge in [0.2, 0.25) is 5.91 Å². The van der Waals surface area contributed by atoms with Gasteiger partial charge in [-0.15, -0.1) is 0 Å². The van der Waals surface area contributed by atoms with Crippen molar-refractivity contribution in [2.24, 2.45) is 0 Å². The van der Waals surface area contributed by atoms with Gasteiger partial charge in [-0.2, -0.15) is 0 Å². The van der Waals surface area contributed by atoms with E-state index in [1.165, 1.54) is 0 Å². The van der Waals surface area contributed by atoms with E-state index >= 15 is 0 Å². The van der Waals surface area contributed by atoms with Gasteiger partial charge in [-0.05, 0) is 39.2 Å². The van der Waals surface area contributed by atoms with Crippen LogP contribution < -0.4 is 10.6 Å². The van der Waals surface area contributed by atoms with Gasteiger partial charge in [0, 0.05) is 25.1 Å². The molecule has 0 spiro atoms.